The molecule has 2 aromatic carbocycles. The van der Waals surface area contributed by atoms with Gasteiger partial charge in [0.1, 0.15) is 11.5 Å². The van der Waals surface area contributed by atoms with Gasteiger partial charge in [-0.25, -0.2) is 0 Å². The summed E-state index contributed by atoms with van der Waals surface area (Å²) in [5.41, 5.74) is 6.06. The van der Waals surface area contributed by atoms with E-state index < -0.39 is 13.9 Å². The maximum atomic E-state index is 11.2. The second-order valence-electron chi connectivity index (χ2n) is 6.95. The summed E-state index contributed by atoms with van der Waals surface area (Å²) in [4.78, 5) is 19.4. The lowest BCUT2D eigenvalue weighted by atomic mass is 9.89. The van der Waals surface area contributed by atoms with Crippen molar-refractivity contribution in [3.63, 3.8) is 0 Å². The molecule has 6 nitrogen and oxygen atoms in total. The highest BCUT2D eigenvalue weighted by Crippen LogP contribution is 2.39. The molecule has 0 heterocycles. The number of thioether (sulfide) groups is 1. The van der Waals surface area contributed by atoms with E-state index in [2.05, 4.69) is 12.1 Å². The van der Waals surface area contributed by atoms with Crippen LogP contribution in [-0.4, -0.2) is 36.3 Å². The minimum absolute atomic E-state index is 0.177. The standard InChI is InChI=1S/C21H29O6PS/c1-13-15(3)21(27-12-28(22,23)24)16(4)14(2)19(13)9-17-7-8-18(29-6)10-20(17)26-11-25-5/h7-8,10H,9,11-12H2,1-6H3,(H2,22,23,24). The molecule has 160 valence electrons. The van der Waals surface area contributed by atoms with Crippen LogP contribution in [0.5, 0.6) is 11.5 Å². The second kappa shape index (κ2) is 10.0. The molecule has 2 N–H and O–H groups in total. The molecule has 0 saturated carbocycles. The predicted molar refractivity (Wildman–Crippen MR) is 116 cm³/mol. The van der Waals surface area contributed by atoms with Crippen LogP contribution in [0.4, 0.5) is 0 Å². The first-order valence-corrected chi connectivity index (χ1v) is 12.2. The summed E-state index contributed by atoms with van der Waals surface area (Å²) in [6, 6.07) is 6.15. The Balaban J connectivity index is 2.45. The van der Waals surface area contributed by atoms with E-state index in [0.717, 1.165) is 44.0 Å². The van der Waals surface area contributed by atoms with E-state index in [1.54, 1.807) is 18.9 Å². The molecule has 0 spiro atoms. The van der Waals surface area contributed by atoms with Gasteiger partial charge in [0.05, 0.1) is 0 Å². The number of benzene rings is 2. The van der Waals surface area contributed by atoms with Gasteiger partial charge in [0, 0.05) is 18.4 Å². The topological polar surface area (TPSA) is 85.2 Å². The van der Waals surface area contributed by atoms with Crippen molar-refractivity contribution >= 4 is 19.4 Å². The number of rotatable bonds is 9. The van der Waals surface area contributed by atoms with Crippen LogP contribution in [0, 0.1) is 27.7 Å². The SMILES string of the molecule is COCOc1cc(SC)ccc1Cc1c(C)c(C)c(OCP(=O)(O)O)c(C)c1C. The smallest absolute Gasteiger partial charge is 0.362 e. The quantitative estimate of drug-likeness (QED) is 0.331. The zero-order chi connectivity index (χ0) is 21.8. The van der Waals surface area contributed by atoms with Crippen molar-refractivity contribution in [1.29, 1.82) is 0 Å². The minimum Gasteiger partial charge on any atom is -0.480 e. The molecule has 0 aromatic heterocycles. The molecule has 0 amide bonds. The van der Waals surface area contributed by atoms with Gasteiger partial charge < -0.3 is 24.0 Å². The van der Waals surface area contributed by atoms with Crippen molar-refractivity contribution in [1.82, 2.24) is 0 Å². The van der Waals surface area contributed by atoms with E-state index in [9.17, 15) is 4.57 Å². The Morgan fingerprint density at radius 2 is 1.62 bits per heavy atom. The van der Waals surface area contributed by atoms with Crippen molar-refractivity contribution in [2.45, 2.75) is 39.0 Å². The van der Waals surface area contributed by atoms with Gasteiger partial charge in [0.25, 0.3) is 0 Å². The Morgan fingerprint density at radius 1 is 1.00 bits per heavy atom. The normalized spacial score (nSPS) is 11.6. The fourth-order valence-electron chi connectivity index (χ4n) is 3.24. The first-order valence-electron chi connectivity index (χ1n) is 9.14. The van der Waals surface area contributed by atoms with E-state index in [1.807, 2.05) is 40.0 Å². The van der Waals surface area contributed by atoms with Crippen molar-refractivity contribution in [2.75, 3.05) is 26.5 Å². The van der Waals surface area contributed by atoms with E-state index in [-0.39, 0.29) is 6.79 Å². The summed E-state index contributed by atoms with van der Waals surface area (Å²) in [5, 5.41) is 0. The molecule has 0 atom stereocenters. The number of hydrogen-bond donors (Lipinski definition) is 2. The Kier molecular flexibility index (Phi) is 8.20. The van der Waals surface area contributed by atoms with E-state index in [1.165, 1.54) is 0 Å². The maximum absolute atomic E-state index is 11.2. The molecule has 0 saturated heterocycles. The summed E-state index contributed by atoms with van der Waals surface area (Å²) < 4.78 is 27.6. The Hall–Kier alpha value is -1.50. The van der Waals surface area contributed by atoms with Crippen LogP contribution in [-0.2, 0) is 15.7 Å². The fourth-order valence-corrected chi connectivity index (χ4v) is 3.97. The van der Waals surface area contributed by atoms with Crippen LogP contribution in [0.25, 0.3) is 0 Å². The summed E-state index contributed by atoms with van der Waals surface area (Å²) in [5.74, 6) is 1.33. The van der Waals surface area contributed by atoms with Crippen LogP contribution in [0.15, 0.2) is 23.1 Å². The molecular weight excluding hydrogens is 411 g/mol. The molecule has 2 rings (SSSR count). The summed E-state index contributed by atoms with van der Waals surface area (Å²) in [6.07, 6.45) is 2.07. The first-order chi connectivity index (χ1) is 13.6. The van der Waals surface area contributed by atoms with Crippen LogP contribution >= 0.6 is 19.4 Å². The number of ether oxygens (including phenoxy) is 3. The van der Waals surface area contributed by atoms with Gasteiger partial charge >= 0.3 is 7.60 Å². The summed E-state index contributed by atoms with van der Waals surface area (Å²) >= 11 is 1.65. The fraction of sp³-hybridized carbons (Fsp3) is 0.429. The zero-order valence-electron chi connectivity index (χ0n) is 17.7. The Labute approximate surface area is 176 Å². The monoisotopic (exact) mass is 440 g/mol. The third-order valence-corrected chi connectivity index (χ3v) is 6.25. The predicted octanol–water partition coefficient (Wildman–Crippen LogP) is 4.73. The third kappa shape index (κ3) is 6.00. The van der Waals surface area contributed by atoms with Gasteiger partial charge in [0.15, 0.2) is 13.1 Å². The minimum atomic E-state index is -4.25. The number of methoxy groups -OCH3 is 1. The zero-order valence-corrected chi connectivity index (χ0v) is 19.4. The third-order valence-electron chi connectivity index (χ3n) is 5.06. The molecule has 8 heteroatoms. The van der Waals surface area contributed by atoms with Crippen molar-refractivity contribution in [3.8, 4) is 11.5 Å². The van der Waals surface area contributed by atoms with Gasteiger partial charge in [-0.15, -0.1) is 11.8 Å². The summed E-state index contributed by atoms with van der Waals surface area (Å²) in [6.45, 7) is 8.02. The van der Waals surface area contributed by atoms with Crippen LogP contribution in [0.2, 0.25) is 0 Å². The highest BCUT2D eigenvalue weighted by molar-refractivity contribution is 7.98. The maximum Gasteiger partial charge on any atom is 0.362 e. The molecule has 0 fully saturated rings. The van der Waals surface area contributed by atoms with Crippen molar-refractivity contribution in [3.05, 3.63) is 51.6 Å². The van der Waals surface area contributed by atoms with Crippen molar-refractivity contribution < 1.29 is 28.6 Å². The molecule has 0 aliphatic carbocycles. The van der Waals surface area contributed by atoms with E-state index in [0.29, 0.717) is 12.2 Å². The lowest BCUT2D eigenvalue weighted by Gasteiger charge is -2.22. The Bertz CT molecular complexity index is 893. The lowest BCUT2D eigenvalue weighted by Crippen LogP contribution is -2.08. The molecule has 29 heavy (non-hydrogen) atoms. The molecular formula is C21H29O6PS. The average molecular weight is 440 g/mol. The van der Waals surface area contributed by atoms with Gasteiger partial charge in [-0.05, 0) is 79.5 Å². The van der Waals surface area contributed by atoms with Gasteiger partial charge in [0.2, 0.25) is 0 Å². The van der Waals surface area contributed by atoms with Gasteiger partial charge in [-0.3, -0.25) is 4.57 Å². The van der Waals surface area contributed by atoms with E-state index >= 15 is 0 Å². The highest BCUT2D eigenvalue weighted by atomic mass is 32.2. The Morgan fingerprint density at radius 3 is 2.14 bits per heavy atom. The largest absolute Gasteiger partial charge is 0.480 e. The second-order valence-corrected chi connectivity index (χ2v) is 9.41. The van der Waals surface area contributed by atoms with Crippen molar-refractivity contribution in [2.24, 2.45) is 0 Å². The van der Waals surface area contributed by atoms with E-state index in [4.69, 9.17) is 24.0 Å². The molecule has 0 aliphatic rings. The molecule has 0 radical (unpaired) electrons. The molecule has 0 bridgehead atoms. The summed E-state index contributed by atoms with van der Waals surface area (Å²) in [7, 11) is -2.65. The average Bonchev–Trinajstić information content (AvgIpc) is 2.67. The molecule has 2 aromatic rings. The van der Waals surface area contributed by atoms with Gasteiger partial charge in [-0.1, -0.05) is 6.07 Å². The first kappa shape index (κ1) is 23.8. The molecule has 0 unspecified atom stereocenters. The molecule has 0 aliphatic heterocycles. The lowest BCUT2D eigenvalue weighted by molar-refractivity contribution is 0.0503. The van der Waals surface area contributed by atoms with Crippen LogP contribution in [0.1, 0.15) is 33.4 Å². The van der Waals surface area contributed by atoms with Crippen LogP contribution < -0.4 is 9.47 Å². The highest BCUT2D eigenvalue weighted by Gasteiger charge is 2.21. The number of hydrogen-bond acceptors (Lipinski definition) is 5. The van der Waals surface area contributed by atoms with Crippen LogP contribution in [0.3, 0.4) is 0 Å². The van der Waals surface area contributed by atoms with Gasteiger partial charge in [-0.2, -0.15) is 0 Å².